The molecule has 0 aliphatic heterocycles. The Hall–Kier alpha value is -8.40. The molecule has 11 aromatic carbocycles. The number of fused-ring (bicyclic) bond motifs is 10. The summed E-state index contributed by atoms with van der Waals surface area (Å²) in [5.74, 6) is 0. The summed E-state index contributed by atoms with van der Waals surface area (Å²) >= 11 is 0. The number of anilines is 3. The van der Waals surface area contributed by atoms with E-state index in [1.807, 2.05) is 0 Å². The van der Waals surface area contributed by atoms with Crippen LogP contribution in [0, 0.1) is 0 Å². The second-order valence-corrected chi connectivity index (χ2v) is 16.4. The molecule has 0 radical (unpaired) electrons. The van der Waals surface area contributed by atoms with Gasteiger partial charge in [-0.05, 0) is 121 Å². The lowest BCUT2D eigenvalue weighted by Gasteiger charge is -2.29. The summed E-state index contributed by atoms with van der Waals surface area (Å²) in [7, 11) is 0. The lowest BCUT2D eigenvalue weighted by atomic mass is 9.95. The fourth-order valence-corrected chi connectivity index (χ4v) is 9.81. The molecule has 3 nitrogen and oxygen atoms in total. The highest BCUT2D eigenvalue weighted by atomic mass is 16.3. The molecule has 13 aromatic rings. The van der Waals surface area contributed by atoms with E-state index < -0.39 is 0 Å². The topological polar surface area (TPSA) is 29.5 Å². The summed E-state index contributed by atoms with van der Waals surface area (Å²) in [4.78, 5) is 2.41. The summed E-state index contributed by atoms with van der Waals surface area (Å²) < 4.78 is 13.4. The highest BCUT2D eigenvalue weighted by Crippen LogP contribution is 2.49. The second kappa shape index (κ2) is 14.1. The minimum absolute atomic E-state index is 0.846. The van der Waals surface area contributed by atoms with E-state index in [-0.39, 0.29) is 0 Å². The average molecular weight is 804 g/mol. The van der Waals surface area contributed by atoms with Crippen LogP contribution in [-0.2, 0) is 0 Å². The van der Waals surface area contributed by atoms with Crippen molar-refractivity contribution in [2.24, 2.45) is 0 Å². The van der Waals surface area contributed by atoms with E-state index >= 15 is 0 Å². The molecule has 2 aromatic heterocycles. The van der Waals surface area contributed by atoms with Crippen molar-refractivity contribution in [1.82, 2.24) is 0 Å². The van der Waals surface area contributed by atoms with E-state index in [2.05, 4.69) is 229 Å². The van der Waals surface area contributed by atoms with Crippen molar-refractivity contribution in [2.75, 3.05) is 4.90 Å². The third-order valence-corrected chi connectivity index (χ3v) is 12.8. The van der Waals surface area contributed by atoms with E-state index in [9.17, 15) is 0 Å². The molecule has 0 amide bonds. The standard InChI is InChI=1S/C60H37NO2/c1-2-14-41-35-46(27-26-38(41)12-1)43-18-9-17-42(34-43)39-28-31-47(32-29-39)61(54-23-11-25-56-59(54)51-33-30-40-13-5-6-19-48(40)60(51)63-56)53-22-8-7-20-49(53)50-21-10-24-55-58(50)52-36-44-15-3-4-16-45(44)37-57(52)62-55/h1-37H. The van der Waals surface area contributed by atoms with Gasteiger partial charge in [0, 0.05) is 32.8 Å². The molecule has 0 unspecified atom stereocenters. The monoisotopic (exact) mass is 803 g/mol. The van der Waals surface area contributed by atoms with E-state index in [4.69, 9.17) is 8.83 Å². The van der Waals surface area contributed by atoms with Crippen LogP contribution in [0.15, 0.2) is 233 Å². The van der Waals surface area contributed by atoms with Gasteiger partial charge in [-0.3, -0.25) is 0 Å². The first kappa shape index (κ1) is 35.4. The lowest BCUT2D eigenvalue weighted by Crippen LogP contribution is -2.11. The molecule has 13 rings (SSSR count). The second-order valence-electron chi connectivity index (χ2n) is 16.4. The first-order valence-electron chi connectivity index (χ1n) is 21.5. The lowest BCUT2D eigenvalue weighted by molar-refractivity contribution is 0.669. The molecule has 0 N–H and O–H groups in total. The number of furan rings is 2. The zero-order valence-corrected chi connectivity index (χ0v) is 34.1. The number of para-hydroxylation sites is 1. The molecule has 0 atom stereocenters. The number of rotatable bonds is 6. The van der Waals surface area contributed by atoms with Gasteiger partial charge in [-0.15, -0.1) is 0 Å². The Kier molecular flexibility index (Phi) is 7.91. The van der Waals surface area contributed by atoms with Crippen LogP contribution in [0.5, 0.6) is 0 Å². The Morgan fingerprint density at radius 2 is 0.873 bits per heavy atom. The van der Waals surface area contributed by atoms with Crippen LogP contribution in [0.4, 0.5) is 17.1 Å². The predicted molar refractivity (Wildman–Crippen MR) is 265 cm³/mol. The van der Waals surface area contributed by atoms with Crippen LogP contribution in [0.2, 0.25) is 0 Å². The first-order chi connectivity index (χ1) is 31.2. The number of hydrogen-bond donors (Lipinski definition) is 0. The first-order valence-corrected chi connectivity index (χ1v) is 21.5. The minimum Gasteiger partial charge on any atom is -0.456 e. The smallest absolute Gasteiger partial charge is 0.143 e. The fourth-order valence-electron chi connectivity index (χ4n) is 9.81. The number of hydrogen-bond acceptors (Lipinski definition) is 3. The van der Waals surface area contributed by atoms with Crippen LogP contribution in [0.1, 0.15) is 0 Å². The molecule has 0 saturated heterocycles. The molecule has 0 aliphatic rings. The van der Waals surface area contributed by atoms with Crippen molar-refractivity contribution in [3.8, 4) is 33.4 Å². The van der Waals surface area contributed by atoms with Gasteiger partial charge in [-0.25, -0.2) is 0 Å². The van der Waals surface area contributed by atoms with E-state index in [0.29, 0.717) is 0 Å². The van der Waals surface area contributed by atoms with Crippen LogP contribution in [0.25, 0.3) is 110 Å². The third kappa shape index (κ3) is 5.75. The van der Waals surface area contributed by atoms with Gasteiger partial charge in [0.05, 0.1) is 16.8 Å². The van der Waals surface area contributed by atoms with Gasteiger partial charge in [0.2, 0.25) is 0 Å². The zero-order valence-electron chi connectivity index (χ0n) is 34.1. The van der Waals surface area contributed by atoms with Gasteiger partial charge in [-0.1, -0.05) is 158 Å². The quantitative estimate of drug-likeness (QED) is 0.168. The summed E-state index contributed by atoms with van der Waals surface area (Å²) in [5.41, 5.74) is 13.5. The number of benzene rings is 11. The van der Waals surface area contributed by atoms with Crippen LogP contribution in [0.3, 0.4) is 0 Å². The maximum atomic E-state index is 6.78. The Morgan fingerprint density at radius 1 is 0.286 bits per heavy atom. The van der Waals surface area contributed by atoms with Crippen molar-refractivity contribution in [1.29, 1.82) is 0 Å². The summed E-state index contributed by atoms with van der Waals surface area (Å²) in [6.07, 6.45) is 0. The van der Waals surface area contributed by atoms with Crippen molar-refractivity contribution in [2.45, 2.75) is 0 Å². The Bertz CT molecular complexity index is 3930. The van der Waals surface area contributed by atoms with Crippen LogP contribution >= 0.6 is 0 Å². The molecule has 63 heavy (non-hydrogen) atoms. The normalized spacial score (nSPS) is 11.8. The molecular weight excluding hydrogens is 767 g/mol. The molecule has 0 bridgehead atoms. The van der Waals surface area contributed by atoms with Crippen molar-refractivity contribution in [3.05, 3.63) is 224 Å². The Balaban J connectivity index is 1.01. The Labute approximate surface area is 363 Å². The van der Waals surface area contributed by atoms with Crippen molar-refractivity contribution < 1.29 is 8.83 Å². The van der Waals surface area contributed by atoms with Gasteiger partial charge in [0.1, 0.15) is 22.3 Å². The third-order valence-electron chi connectivity index (χ3n) is 12.8. The van der Waals surface area contributed by atoms with E-state index in [1.165, 1.54) is 32.8 Å². The SMILES string of the molecule is c1cc(-c2ccc(N(c3ccccc3-c3cccc4oc5cc6ccccc6cc5c34)c3cccc4oc5c6ccccc6ccc5c34)cc2)cc(-c2ccc3ccccc3c2)c1. The maximum Gasteiger partial charge on any atom is 0.143 e. The van der Waals surface area contributed by atoms with Gasteiger partial charge in [-0.2, -0.15) is 0 Å². The maximum absolute atomic E-state index is 6.78. The molecule has 294 valence electrons. The summed E-state index contributed by atoms with van der Waals surface area (Å²) in [5, 5.41) is 11.4. The van der Waals surface area contributed by atoms with Gasteiger partial charge in [0.15, 0.2) is 0 Å². The van der Waals surface area contributed by atoms with Crippen molar-refractivity contribution in [3.63, 3.8) is 0 Å². The van der Waals surface area contributed by atoms with E-state index in [1.54, 1.807) is 0 Å². The van der Waals surface area contributed by atoms with Gasteiger partial charge in [0.25, 0.3) is 0 Å². The molecule has 0 aliphatic carbocycles. The summed E-state index contributed by atoms with van der Waals surface area (Å²) in [6, 6.07) is 80.6. The van der Waals surface area contributed by atoms with E-state index in [0.717, 1.165) is 93.8 Å². The highest BCUT2D eigenvalue weighted by Gasteiger charge is 2.24. The molecule has 0 fully saturated rings. The van der Waals surface area contributed by atoms with Crippen molar-refractivity contribution >= 4 is 93.3 Å². The molecule has 2 heterocycles. The minimum atomic E-state index is 0.846. The predicted octanol–water partition coefficient (Wildman–Crippen LogP) is 17.4. The molecular formula is C60H37NO2. The van der Waals surface area contributed by atoms with Gasteiger partial charge < -0.3 is 13.7 Å². The van der Waals surface area contributed by atoms with Crippen LogP contribution in [-0.4, -0.2) is 0 Å². The fraction of sp³-hybridized carbons (Fsp3) is 0. The van der Waals surface area contributed by atoms with Crippen LogP contribution < -0.4 is 4.90 Å². The number of nitrogens with zero attached hydrogens (tertiary/aromatic N) is 1. The zero-order chi connectivity index (χ0) is 41.4. The largest absolute Gasteiger partial charge is 0.456 e. The molecule has 0 saturated carbocycles. The highest BCUT2D eigenvalue weighted by molar-refractivity contribution is 6.21. The molecule has 3 heteroatoms. The Morgan fingerprint density at radius 3 is 1.71 bits per heavy atom. The summed E-state index contributed by atoms with van der Waals surface area (Å²) in [6.45, 7) is 0. The van der Waals surface area contributed by atoms with Gasteiger partial charge >= 0.3 is 0 Å². The molecule has 0 spiro atoms. The average Bonchev–Trinajstić information content (AvgIpc) is 3.92.